The van der Waals surface area contributed by atoms with Crippen molar-refractivity contribution in [2.75, 3.05) is 38.3 Å². The minimum absolute atomic E-state index is 0.0743. The molecule has 3 aromatic heterocycles. The van der Waals surface area contributed by atoms with Crippen LogP contribution in [-0.2, 0) is 34.8 Å². The van der Waals surface area contributed by atoms with Gasteiger partial charge < -0.3 is 15.4 Å². The topological polar surface area (TPSA) is 139 Å². The Kier molecular flexibility index (Phi) is 8.62. The van der Waals surface area contributed by atoms with E-state index in [1.165, 1.54) is 6.26 Å². The summed E-state index contributed by atoms with van der Waals surface area (Å²) in [7, 11) is 0.671. The number of sulfonamides is 1. The van der Waals surface area contributed by atoms with Crippen LogP contribution >= 0.6 is 11.9 Å². The van der Waals surface area contributed by atoms with E-state index in [0.29, 0.717) is 37.5 Å². The number of aromatic nitrogens is 5. The molecule has 0 radical (unpaired) electrons. The quantitative estimate of drug-likeness (QED) is 0.250. The first-order chi connectivity index (χ1) is 21.1. The Bertz CT molecular complexity index is 1790. The van der Waals surface area contributed by atoms with E-state index in [-0.39, 0.29) is 18.6 Å². The Morgan fingerprint density at radius 1 is 1.16 bits per heavy atom. The van der Waals surface area contributed by atoms with Crippen molar-refractivity contribution in [1.82, 2.24) is 38.1 Å². The van der Waals surface area contributed by atoms with Crippen LogP contribution in [0.4, 0.5) is 10.6 Å². The van der Waals surface area contributed by atoms with Gasteiger partial charge in [-0.15, -0.1) is 0 Å². The summed E-state index contributed by atoms with van der Waals surface area (Å²) in [5.74, 6) is 0.776. The van der Waals surface area contributed by atoms with Crippen LogP contribution in [0, 0.1) is 5.92 Å². The number of benzene rings is 1. The first kappa shape index (κ1) is 30.1. The number of aryl methyl sites for hydroxylation is 1. The van der Waals surface area contributed by atoms with Crippen LogP contribution in [0.3, 0.4) is 0 Å². The van der Waals surface area contributed by atoms with E-state index >= 15 is 0 Å². The number of imidazole rings is 1. The Labute approximate surface area is 260 Å². The second kappa shape index (κ2) is 12.6. The molecule has 6 rings (SSSR count). The molecular formula is C29H35N9O4S2. The minimum Gasteiger partial charge on any atom is -0.445 e. The molecule has 5 heterocycles. The van der Waals surface area contributed by atoms with Gasteiger partial charge in [0.1, 0.15) is 6.61 Å². The minimum atomic E-state index is -3.21. The van der Waals surface area contributed by atoms with Gasteiger partial charge in [0, 0.05) is 57.1 Å². The van der Waals surface area contributed by atoms with Crippen LogP contribution in [-0.4, -0.2) is 86.3 Å². The first-order valence-electron chi connectivity index (χ1n) is 14.3. The van der Waals surface area contributed by atoms with Gasteiger partial charge in [0.2, 0.25) is 10.0 Å². The average molecular weight is 638 g/mol. The van der Waals surface area contributed by atoms with E-state index in [1.54, 1.807) is 33.3 Å². The zero-order valence-corrected chi connectivity index (χ0v) is 26.4. The van der Waals surface area contributed by atoms with E-state index < -0.39 is 16.1 Å². The summed E-state index contributed by atoms with van der Waals surface area (Å²) in [5, 5.41) is 11.5. The number of alkyl carbamates (subject to hydrolysis) is 1. The number of nitrogens with one attached hydrogen (secondary N) is 2. The number of hydrogen-bond donors (Lipinski definition) is 2. The van der Waals surface area contributed by atoms with E-state index in [1.807, 2.05) is 61.2 Å². The van der Waals surface area contributed by atoms with Gasteiger partial charge >= 0.3 is 6.09 Å². The standard InChI is InChI=1S/C29H35N9O4S2/c1-35-16-22(14-32-35)25-15-31-28-27(34-26-13-24(36(2)43-26)21-10-12-37(17-21)44(3,40)41)33-23(18-38(25)28)9-11-30-29(39)42-19-20-7-5-4-6-8-20/h4-8,13-16,18,21,24H,9-12,17,19H2,1-3H3,(H,30,39)(H,33,34). The lowest BCUT2D eigenvalue weighted by Gasteiger charge is -2.23. The zero-order valence-electron chi connectivity index (χ0n) is 24.8. The Hall–Kier alpha value is -3.92. The second-order valence-corrected chi connectivity index (χ2v) is 14.2. The summed E-state index contributed by atoms with van der Waals surface area (Å²) in [4.78, 5) is 21.9. The van der Waals surface area contributed by atoms with E-state index in [2.05, 4.69) is 31.1 Å². The number of ether oxygens (including phenoxy) is 1. The Balaban J connectivity index is 1.20. The van der Waals surface area contributed by atoms with Crippen LogP contribution in [0.5, 0.6) is 0 Å². The predicted molar refractivity (Wildman–Crippen MR) is 169 cm³/mol. The molecule has 0 spiro atoms. The highest BCUT2D eigenvalue weighted by molar-refractivity contribution is 8.01. The predicted octanol–water partition coefficient (Wildman–Crippen LogP) is 3.10. The molecular weight excluding hydrogens is 603 g/mol. The summed E-state index contributed by atoms with van der Waals surface area (Å²) in [6.45, 7) is 1.58. The molecule has 15 heteroatoms. The largest absolute Gasteiger partial charge is 0.445 e. The van der Waals surface area contributed by atoms with Crippen molar-refractivity contribution >= 4 is 39.5 Å². The van der Waals surface area contributed by atoms with Crippen molar-refractivity contribution in [3.8, 4) is 11.3 Å². The molecule has 13 nitrogen and oxygen atoms in total. The first-order valence-corrected chi connectivity index (χ1v) is 16.9. The van der Waals surface area contributed by atoms with Crippen molar-refractivity contribution in [2.45, 2.75) is 25.5 Å². The highest BCUT2D eigenvalue weighted by atomic mass is 32.2. The monoisotopic (exact) mass is 637 g/mol. The molecule has 2 unspecified atom stereocenters. The van der Waals surface area contributed by atoms with Gasteiger partial charge in [-0.05, 0) is 43.0 Å². The molecule has 44 heavy (non-hydrogen) atoms. The van der Waals surface area contributed by atoms with Crippen molar-refractivity contribution in [1.29, 1.82) is 0 Å². The van der Waals surface area contributed by atoms with Crippen LogP contribution < -0.4 is 10.6 Å². The third-order valence-electron chi connectivity index (χ3n) is 7.77. The van der Waals surface area contributed by atoms with Gasteiger partial charge in [0.25, 0.3) is 0 Å². The summed E-state index contributed by atoms with van der Waals surface area (Å²) >= 11 is 1.56. The number of nitrogens with zero attached hydrogens (tertiary/aromatic N) is 7. The second-order valence-electron chi connectivity index (χ2n) is 11.0. The molecule has 1 aromatic carbocycles. The van der Waals surface area contributed by atoms with Crippen molar-refractivity contribution in [3.63, 3.8) is 0 Å². The average Bonchev–Trinajstić information content (AvgIpc) is 3.79. The van der Waals surface area contributed by atoms with Gasteiger partial charge in [0.05, 0.1) is 35.1 Å². The van der Waals surface area contributed by atoms with Crippen LogP contribution in [0.2, 0.25) is 0 Å². The van der Waals surface area contributed by atoms with Crippen LogP contribution in [0.25, 0.3) is 16.9 Å². The molecule has 2 atom stereocenters. The van der Waals surface area contributed by atoms with Gasteiger partial charge in [-0.1, -0.05) is 30.3 Å². The molecule has 4 aromatic rings. The number of fused-ring (bicyclic) bond motifs is 1. The summed E-state index contributed by atoms with van der Waals surface area (Å²) in [6, 6.07) is 9.60. The Morgan fingerprint density at radius 3 is 2.70 bits per heavy atom. The number of likely N-dealkylation sites (N-methyl/N-ethyl adjacent to an activating group) is 1. The number of amides is 1. The number of rotatable bonds is 10. The molecule has 1 amide bonds. The number of carbonyl (C=O) groups excluding carboxylic acids is 1. The van der Waals surface area contributed by atoms with Crippen molar-refractivity contribution in [3.05, 3.63) is 77.5 Å². The molecule has 0 saturated carbocycles. The summed E-state index contributed by atoms with van der Waals surface area (Å²) < 4.78 is 36.9. The Morgan fingerprint density at radius 2 is 1.98 bits per heavy atom. The van der Waals surface area contributed by atoms with Gasteiger partial charge in [-0.25, -0.2) is 31.8 Å². The van der Waals surface area contributed by atoms with Gasteiger partial charge in [-0.3, -0.25) is 9.08 Å². The molecule has 232 valence electrons. The summed E-state index contributed by atoms with van der Waals surface area (Å²) in [6.07, 6.45) is 11.6. The fraction of sp³-hybridized carbons (Fsp3) is 0.379. The highest BCUT2D eigenvalue weighted by Crippen LogP contribution is 2.38. The lowest BCUT2D eigenvalue weighted by molar-refractivity contribution is 0.140. The maximum atomic E-state index is 12.3. The van der Waals surface area contributed by atoms with Crippen LogP contribution in [0.15, 0.2) is 66.2 Å². The fourth-order valence-electron chi connectivity index (χ4n) is 5.53. The smallest absolute Gasteiger partial charge is 0.407 e. The van der Waals surface area contributed by atoms with E-state index in [9.17, 15) is 13.2 Å². The third-order valence-corrected chi connectivity index (χ3v) is 10.0. The highest BCUT2D eigenvalue weighted by Gasteiger charge is 2.37. The lowest BCUT2D eigenvalue weighted by atomic mass is 9.99. The molecule has 2 N–H and O–H groups in total. The molecule has 1 fully saturated rings. The molecule has 0 bridgehead atoms. The number of carbonyl (C=O) groups is 1. The molecule has 2 aliphatic heterocycles. The van der Waals surface area contributed by atoms with Crippen molar-refractivity contribution < 1.29 is 17.9 Å². The number of anilines is 1. The van der Waals surface area contributed by atoms with Crippen LogP contribution in [0.1, 0.15) is 17.7 Å². The lowest BCUT2D eigenvalue weighted by Crippen LogP contribution is -2.33. The SMILES string of the molecule is CN1SC(Nc2nc(CCNC(=O)OCc3ccccc3)cn3c(-c4cnn(C)c4)cnc23)=CC1C1CCN(S(C)(=O)=O)C1. The van der Waals surface area contributed by atoms with E-state index in [4.69, 9.17) is 9.72 Å². The molecule has 2 aliphatic rings. The van der Waals surface area contributed by atoms with E-state index in [0.717, 1.165) is 34.0 Å². The van der Waals surface area contributed by atoms with Gasteiger partial charge in [-0.2, -0.15) is 5.10 Å². The third kappa shape index (κ3) is 6.75. The summed E-state index contributed by atoms with van der Waals surface area (Å²) in [5.41, 5.74) is 4.10. The maximum absolute atomic E-state index is 12.3. The maximum Gasteiger partial charge on any atom is 0.407 e. The normalized spacial score (nSPS) is 19.4. The van der Waals surface area contributed by atoms with Gasteiger partial charge in [0.15, 0.2) is 11.5 Å². The van der Waals surface area contributed by atoms with Crippen molar-refractivity contribution in [2.24, 2.45) is 13.0 Å². The molecule has 0 aliphatic carbocycles. The molecule has 1 saturated heterocycles. The fourth-order valence-corrected chi connectivity index (χ4v) is 7.44. The zero-order chi connectivity index (χ0) is 30.8. The number of hydrogen-bond acceptors (Lipinski definition) is 10.